The van der Waals surface area contributed by atoms with Crippen LogP contribution in [0, 0.1) is 11.3 Å². The highest BCUT2D eigenvalue weighted by Crippen LogP contribution is 2.31. The van der Waals surface area contributed by atoms with Crippen LogP contribution in [0.5, 0.6) is 11.5 Å². The Balaban J connectivity index is 1.75. The maximum Gasteiger partial charge on any atom is 0.331 e. The van der Waals surface area contributed by atoms with Crippen molar-refractivity contribution in [3.8, 4) is 11.5 Å². The quantitative estimate of drug-likeness (QED) is 0.271. The zero-order valence-electron chi connectivity index (χ0n) is 22.5. The number of aldehydes is 1. The van der Waals surface area contributed by atoms with Gasteiger partial charge in [0.2, 0.25) is 6.79 Å². The summed E-state index contributed by atoms with van der Waals surface area (Å²) in [5, 5.41) is 2.57. The number of ether oxygens (including phenoxy) is 5. The van der Waals surface area contributed by atoms with Gasteiger partial charge in [-0.05, 0) is 25.3 Å². The number of esters is 2. The molecule has 1 saturated heterocycles. The second kappa shape index (κ2) is 13.7. The first-order valence-corrected chi connectivity index (χ1v) is 12.6. The Morgan fingerprint density at radius 1 is 1.23 bits per heavy atom. The average molecular weight is 543 g/mol. The fourth-order valence-electron chi connectivity index (χ4n) is 4.18. The van der Waals surface area contributed by atoms with Crippen molar-refractivity contribution in [3.05, 3.63) is 53.9 Å². The molecule has 1 amide bonds. The highest BCUT2D eigenvalue weighted by Gasteiger charge is 2.37. The van der Waals surface area contributed by atoms with E-state index < -0.39 is 42.2 Å². The number of rotatable bonds is 10. The molecule has 0 spiro atoms. The van der Waals surface area contributed by atoms with E-state index in [1.807, 2.05) is 30.3 Å². The van der Waals surface area contributed by atoms with Gasteiger partial charge in [0.05, 0.1) is 31.7 Å². The summed E-state index contributed by atoms with van der Waals surface area (Å²) in [5.41, 5.74) is -0.156. The molecule has 11 heteroatoms. The molecule has 1 N–H and O–H groups in total. The number of cyclic esters (lactones) is 1. The van der Waals surface area contributed by atoms with Crippen molar-refractivity contribution in [2.75, 3.05) is 27.1 Å². The predicted octanol–water partition coefficient (Wildman–Crippen LogP) is 2.50. The summed E-state index contributed by atoms with van der Waals surface area (Å²) < 4.78 is 27.2. The number of nitrogens with one attached hydrogen (secondary N) is 1. The summed E-state index contributed by atoms with van der Waals surface area (Å²) in [6, 6.07) is 9.79. The number of carbonyl (C=O) groups is 4. The molecule has 0 saturated carbocycles. The highest BCUT2D eigenvalue weighted by molar-refractivity contribution is 5.98. The van der Waals surface area contributed by atoms with Crippen molar-refractivity contribution < 1.29 is 42.9 Å². The van der Waals surface area contributed by atoms with Crippen LogP contribution in [0.3, 0.4) is 0 Å². The minimum atomic E-state index is -1.18. The van der Waals surface area contributed by atoms with E-state index in [0.717, 1.165) is 11.8 Å². The number of hydrogen-bond donors (Lipinski definition) is 1. The maximum absolute atomic E-state index is 13.2. The number of carbonyl (C=O) groups excluding carboxylic acids is 4. The molecular formula is C28H34N2O9. The molecule has 11 nitrogen and oxygen atoms in total. The summed E-state index contributed by atoms with van der Waals surface area (Å²) in [4.78, 5) is 54.2. The zero-order valence-corrected chi connectivity index (χ0v) is 22.5. The molecule has 2 aromatic rings. The van der Waals surface area contributed by atoms with Crippen molar-refractivity contribution in [1.82, 2.24) is 10.3 Å². The maximum atomic E-state index is 13.2. The van der Waals surface area contributed by atoms with Crippen molar-refractivity contribution in [2.24, 2.45) is 11.3 Å². The molecular weight excluding hydrogens is 508 g/mol. The first kappa shape index (κ1) is 29.6. The lowest BCUT2D eigenvalue weighted by Crippen LogP contribution is -2.45. The lowest BCUT2D eigenvalue weighted by molar-refractivity contribution is -0.154. The lowest BCUT2D eigenvalue weighted by atomic mass is 9.79. The third-order valence-electron chi connectivity index (χ3n) is 6.10. The van der Waals surface area contributed by atoms with Crippen LogP contribution >= 0.6 is 0 Å². The van der Waals surface area contributed by atoms with E-state index >= 15 is 0 Å². The summed E-state index contributed by atoms with van der Waals surface area (Å²) in [5.74, 6) is -2.22. The van der Waals surface area contributed by atoms with Gasteiger partial charge in [-0.25, -0.2) is 9.78 Å². The molecule has 1 fully saturated rings. The molecule has 2 heterocycles. The number of amides is 1. The van der Waals surface area contributed by atoms with Gasteiger partial charge < -0.3 is 33.8 Å². The Labute approximate surface area is 227 Å². The van der Waals surface area contributed by atoms with Gasteiger partial charge in [0.1, 0.15) is 12.4 Å². The van der Waals surface area contributed by atoms with Crippen molar-refractivity contribution in [1.29, 1.82) is 0 Å². The van der Waals surface area contributed by atoms with E-state index in [1.54, 1.807) is 20.8 Å². The third kappa shape index (κ3) is 8.00. The molecule has 3 rings (SSSR count). The fourth-order valence-corrected chi connectivity index (χ4v) is 4.18. The molecule has 210 valence electrons. The van der Waals surface area contributed by atoms with Gasteiger partial charge >= 0.3 is 11.9 Å². The summed E-state index contributed by atoms with van der Waals surface area (Å²) in [6.07, 6.45) is 2.23. The zero-order chi connectivity index (χ0) is 28.4. The molecule has 1 aliphatic heterocycles. The molecule has 1 aliphatic rings. The van der Waals surface area contributed by atoms with Crippen LogP contribution in [0.4, 0.5) is 0 Å². The van der Waals surface area contributed by atoms with Crippen LogP contribution in [-0.2, 0) is 35.0 Å². The van der Waals surface area contributed by atoms with Crippen LogP contribution in [0.25, 0.3) is 0 Å². The van der Waals surface area contributed by atoms with Crippen LogP contribution in [-0.4, -0.2) is 68.4 Å². The molecule has 39 heavy (non-hydrogen) atoms. The number of nitrogens with zero attached hydrogens (tertiary/aromatic N) is 1. The summed E-state index contributed by atoms with van der Waals surface area (Å²) in [6.45, 7) is 4.37. The Bertz CT molecular complexity index is 1150. The monoisotopic (exact) mass is 542 g/mol. The van der Waals surface area contributed by atoms with Gasteiger partial charge in [-0.1, -0.05) is 44.2 Å². The normalized spacial score (nSPS) is 21.5. The highest BCUT2D eigenvalue weighted by atomic mass is 16.7. The van der Waals surface area contributed by atoms with Gasteiger partial charge in [0, 0.05) is 12.3 Å². The van der Waals surface area contributed by atoms with Crippen LogP contribution in [0.15, 0.2) is 42.6 Å². The standard InChI is InChI=1S/C28H34N2O9/c1-18(2)26(33)38-17-37-24-22(35-4)10-11-29-23(24)25(32)30-21-14-36-16-28(15-31,12-19(3)39-27(21)34)13-20-8-6-5-7-9-20/h5-11,15,18-19,21H,12-14,16-17H2,1-4H3,(H,30,32)/t19-,21-,28+/m0/s1. The Morgan fingerprint density at radius 2 is 1.97 bits per heavy atom. The van der Waals surface area contributed by atoms with E-state index in [-0.39, 0.29) is 42.7 Å². The molecule has 3 atom stereocenters. The van der Waals surface area contributed by atoms with Crippen LogP contribution in [0.1, 0.15) is 43.2 Å². The largest absolute Gasteiger partial charge is 0.493 e. The number of benzene rings is 1. The Hall–Kier alpha value is -3.99. The van der Waals surface area contributed by atoms with E-state index in [4.69, 9.17) is 23.7 Å². The van der Waals surface area contributed by atoms with Gasteiger partial charge in [-0.3, -0.25) is 9.59 Å². The van der Waals surface area contributed by atoms with E-state index in [2.05, 4.69) is 10.3 Å². The number of pyridine rings is 1. The van der Waals surface area contributed by atoms with Gasteiger partial charge in [-0.2, -0.15) is 0 Å². The first-order valence-electron chi connectivity index (χ1n) is 12.6. The number of aromatic nitrogens is 1. The Kier molecular flexibility index (Phi) is 10.4. The van der Waals surface area contributed by atoms with E-state index in [9.17, 15) is 19.2 Å². The summed E-state index contributed by atoms with van der Waals surface area (Å²) >= 11 is 0. The van der Waals surface area contributed by atoms with Gasteiger partial charge in [0.15, 0.2) is 23.2 Å². The number of hydrogen-bond acceptors (Lipinski definition) is 10. The second-order valence-corrected chi connectivity index (χ2v) is 9.71. The molecule has 0 bridgehead atoms. The van der Waals surface area contributed by atoms with E-state index in [0.29, 0.717) is 6.42 Å². The predicted molar refractivity (Wildman–Crippen MR) is 138 cm³/mol. The van der Waals surface area contributed by atoms with Gasteiger partial charge in [0.25, 0.3) is 5.91 Å². The minimum absolute atomic E-state index is 0.0335. The smallest absolute Gasteiger partial charge is 0.331 e. The minimum Gasteiger partial charge on any atom is -0.493 e. The fraction of sp³-hybridized carbons (Fsp3) is 0.464. The molecule has 0 radical (unpaired) electrons. The van der Waals surface area contributed by atoms with Crippen molar-refractivity contribution in [3.63, 3.8) is 0 Å². The Morgan fingerprint density at radius 3 is 2.64 bits per heavy atom. The second-order valence-electron chi connectivity index (χ2n) is 9.71. The topological polar surface area (TPSA) is 139 Å². The molecule has 1 aromatic carbocycles. The van der Waals surface area contributed by atoms with Gasteiger partial charge in [-0.15, -0.1) is 0 Å². The van der Waals surface area contributed by atoms with Crippen LogP contribution < -0.4 is 14.8 Å². The van der Waals surface area contributed by atoms with E-state index in [1.165, 1.54) is 19.4 Å². The SMILES string of the molecule is COc1ccnc(C(=O)N[C@H]2COC[C@@](C=O)(Cc3ccccc3)C[C@H](C)OC2=O)c1OCOC(=O)C(C)C. The van der Waals surface area contributed by atoms with Crippen molar-refractivity contribution >= 4 is 24.1 Å². The third-order valence-corrected chi connectivity index (χ3v) is 6.10. The number of methoxy groups -OCH3 is 1. The average Bonchev–Trinajstić information content (AvgIpc) is 2.97. The lowest BCUT2D eigenvalue weighted by Gasteiger charge is -2.29. The first-order chi connectivity index (χ1) is 18.7. The summed E-state index contributed by atoms with van der Waals surface area (Å²) in [7, 11) is 1.38. The molecule has 0 unspecified atom stereocenters. The molecule has 0 aliphatic carbocycles. The molecule has 1 aromatic heterocycles. The van der Waals surface area contributed by atoms with Crippen molar-refractivity contribution in [2.45, 2.75) is 45.8 Å². The van der Waals surface area contributed by atoms with Crippen LogP contribution in [0.2, 0.25) is 0 Å².